The molecule has 1 heterocycles. The lowest BCUT2D eigenvalue weighted by atomic mass is 10.1. The van der Waals surface area contributed by atoms with E-state index in [2.05, 4.69) is 28.0 Å². The van der Waals surface area contributed by atoms with Crippen molar-refractivity contribution < 1.29 is 9.47 Å². The second-order valence-electron chi connectivity index (χ2n) is 6.41. The molecule has 7 heteroatoms. The van der Waals surface area contributed by atoms with E-state index < -0.39 is 0 Å². The number of hydrogen-bond donors (Lipinski definition) is 0. The lowest BCUT2D eigenvalue weighted by Crippen LogP contribution is -2.23. The maximum atomic E-state index is 13.1. The Morgan fingerprint density at radius 3 is 2.68 bits per heavy atom. The fourth-order valence-corrected chi connectivity index (χ4v) is 3.19. The van der Waals surface area contributed by atoms with E-state index in [1.54, 1.807) is 32.6 Å². The molecule has 2 aromatic carbocycles. The fraction of sp³-hybridized carbons (Fsp3) is 0.286. The first-order valence-corrected chi connectivity index (χ1v) is 9.76. The summed E-state index contributed by atoms with van der Waals surface area (Å²) in [7, 11) is 3.18. The van der Waals surface area contributed by atoms with Gasteiger partial charge in [0.2, 0.25) is 0 Å². The first-order chi connectivity index (χ1) is 13.5. The molecule has 1 atom stereocenters. The molecule has 28 heavy (non-hydrogen) atoms. The fourth-order valence-electron chi connectivity index (χ4n) is 2.82. The Labute approximate surface area is 171 Å². The monoisotopic (exact) mass is 443 g/mol. The van der Waals surface area contributed by atoms with Crippen LogP contribution in [0, 0.1) is 0 Å². The molecule has 0 saturated carbocycles. The number of methoxy groups -OCH3 is 2. The first kappa shape index (κ1) is 20.1. The average molecular weight is 444 g/mol. The number of halogens is 1. The van der Waals surface area contributed by atoms with E-state index in [4.69, 9.17) is 14.5 Å². The van der Waals surface area contributed by atoms with Crippen LogP contribution in [0.3, 0.4) is 0 Å². The molecule has 0 aliphatic rings. The van der Waals surface area contributed by atoms with Crippen LogP contribution in [0.1, 0.15) is 37.6 Å². The summed E-state index contributed by atoms with van der Waals surface area (Å²) in [5.41, 5.74) is 1.20. The molecular formula is C21H22BrN3O3. The molecule has 0 unspecified atom stereocenters. The second kappa shape index (κ2) is 8.56. The molecule has 0 N–H and O–H groups in total. The third kappa shape index (κ3) is 3.94. The standard InChI is InChI=1S/C21H22BrN3O3/c1-5-13(2)20-24-18-9-7-15(22)10-17(18)21(26)25(20)23-12-14-6-8-16(27-3)11-19(14)28-4/h6-13H,5H2,1-4H3/t13-/m0/s1. The van der Waals surface area contributed by atoms with Gasteiger partial charge in [-0.25, -0.2) is 4.98 Å². The largest absolute Gasteiger partial charge is 0.497 e. The van der Waals surface area contributed by atoms with Gasteiger partial charge in [0.25, 0.3) is 5.56 Å². The zero-order valence-electron chi connectivity index (χ0n) is 16.3. The summed E-state index contributed by atoms with van der Waals surface area (Å²) >= 11 is 3.42. The lowest BCUT2D eigenvalue weighted by Gasteiger charge is -2.14. The highest BCUT2D eigenvalue weighted by Gasteiger charge is 2.15. The van der Waals surface area contributed by atoms with Gasteiger partial charge < -0.3 is 9.47 Å². The van der Waals surface area contributed by atoms with Crippen LogP contribution in [0.4, 0.5) is 0 Å². The summed E-state index contributed by atoms with van der Waals surface area (Å²) in [6.07, 6.45) is 2.45. The maximum Gasteiger partial charge on any atom is 0.282 e. The predicted octanol–water partition coefficient (Wildman–Crippen LogP) is 4.57. The minimum Gasteiger partial charge on any atom is -0.497 e. The highest BCUT2D eigenvalue weighted by Crippen LogP contribution is 2.24. The molecule has 0 spiro atoms. The normalized spacial score (nSPS) is 12.5. The Hall–Kier alpha value is -2.67. The highest BCUT2D eigenvalue weighted by molar-refractivity contribution is 9.10. The van der Waals surface area contributed by atoms with Crippen molar-refractivity contribution in [3.63, 3.8) is 0 Å². The number of rotatable bonds is 6. The summed E-state index contributed by atoms with van der Waals surface area (Å²) in [5.74, 6) is 2.00. The molecule has 1 aromatic heterocycles. The van der Waals surface area contributed by atoms with E-state index in [9.17, 15) is 4.79 Å². The van der Waals surface area contributed by atoms with E-state index in [1.807, 2.05) is 31.2 Å². The van der Waals surface area contributed by atoms with Gasteiger partial charge in [-0.2, -0.15) is 9.78 Å². The number of ether oxygens (including phenoxy) is 2. The molecular weight excluding hydrogens is 422 g/mol. The topological polar surface area (TPSA) is 65.7 Å². The Bertz CT molecular complexity index is 1090. The van der Waals surface area contributed by atoms with Crippen LogP contribution in [0.15, 0.2) is 50.8 Å². The van der Waals surface area contributed by atoms with Crippen LogP contribution in [-0.2, 0) is 0 Å². The quantitative estimate of drug-likeness (QED) is 0.523. The van der Waals surface area contributed by atoms with Gasteiger partial charge in [0.15, 0.2) is 0 Å². The van der Waals surface area contributed by atoms with Crippen molar-refractivity contribution in [2.45, 2.75) is 26.2 Å². The van der Waals surface area contributed by atoms with E-state index in [0.29, 0.717) is 28.2 Å². The number of hydrogen-bond acceptors (Lipinski definition) is 5. The molecule has 0 radical (unpaired) electrons. The molecule has 146 valence electrons. The third-order valence-corrected chi connectivity index (χ3v) is 5.13. The molecule has 0 amide bonds. The summed E-state index contributed by atoms with van der Waals surface area (Å²) in [6, 6.07) is 10.9. The molecule has 3 rings (SSSR count). The van der Waals surface area contributed by atoms with Gasteiger partial charge in [-0.3, -0.25) is 4.79 Å². The van der Waals surface area contributed by atoms with Gasteiger partial charge >= 0.3 is 0 Å². The van der Waals surface area contributed by atoms with E-state index in [-0.39, 0.29) is 11.5 Å². The summed E-state index contributed by atoms with van der Waals surface area (Å²) in [4.78, 5) is 17.8. The van der Waals surface area contributed by atoms with Gasteiger partial charge in [0, 0.05) is 22.0 Å². The van der Waals surface area contributed by atoms with Gasteiger partial charge in [-0.15, -0.1) is 0 Å². The minimum absolute atomic E-state index is 0.0793. The molecule has 3 aromatic rings. The van der Waals surface area contributed by atoms with E-state index >= 15 is 0 Å². The number of benzene rings is 2. The molecule has 0 fully saturated rings. The number of fused-ring (bicyclic) bond motifs is 1. The molecule has 0 bridgehead atoms. The van der Waals surface area contributed by atoms with Gasteiger partial charge in [-0.05, 0) is 36.8 Å². The Morgan fingerprint density at radius 2 is 2.00 bits per heavy atom. The number of nitrogens with zero attached hydrogens (tertiary/aromatic N) is 3. The Balaban J connectivity index is 2.17. The maximum absolute atomic E-state index is 13.1. The second-order valence-corrected chi connectivity index (χ2v) is 7.33. The number of aromatic nitrogens is 2. The Kier molecular flexibility index (Phi) is 6.14. The summed E-state index contributed by atoms with van der Waals surface area (Å²) < 4.78 is 12.8. The van der Waals surface area contributed by atoms with Crippen LogP contribution in [0.5, 0.6) is 11.5 Å². The minimum atomic E-state index is -0.203. The van der Waals surface area contributed by atoms with Crippen LogP contribution in [0.25, 0.3) is 10.9 Å². The summed E-state index contributed by atoms with van der Waals surface area (Å²) in [6.45, 7) is 4.09. The SMILES string of the molecule is CC[C@H](C)c1nc2ccc(Br)cc2c(=O)n1N=Cc1ccc(OC)cc1OC. The van der Waals surface area contributed by atoms with Gasteiger partial charge in [0.1, 0.15) is 17.3 Å². The van der Waals surface area contributed by atoms with Crippen molar-refractivity contribution in [1.29, 1.82) is 0 Å². The first-order valence-electron chi connectivity index (χ1n) is 8.97. The van der Waals surface area contributed by atoms with Crippen LogP contribution in [0.2, 0.25) is 0 Å². The van der Waals surface area contributed by atoms with Crippen LogP contribution < -0.4 is 15.0 Å². The summed E-state index contributed by atoms with van der Waals surface area (Å²) in [5, 5.41) is 4.98. The molecule has 0 aliphatic heterocycles. The van der Waals surface area contributed by atoms with Crippen molar-refractivity contribution in [1.82, 2.24) is 9.66 Å². The van der Waals surface area contributed by atoms with Crippen molar-refractivity contribution in [3.8, 4) is 11.5 Å². The van der Waals surface area contributed by atoms with Crippen molar-refractivity contribution in [2.24, 2.45) is 5.10 Å². The van der Waals surface area contributed by atoms with Crippen molar-refractivity contribution in [2.75, 3.05) is 14.2 Å². The molecule has 0 saturated heterocycles. The van der Waals surface area contributed by atoms with E-state index in [0.717, 1.165) is 16.5 Å². The highest BCUT2D eigenvalue weighted by atomic mass is 79.9. The van der Waals surface area contributed by atoms with Crippen molar-refractivity contribution in [3.05, 3.63) is 62.6 Å². The van der Waals surface area contributed by atoms with Crippen LogP contribution in [-0.4, -0.2) is 30.1 Å². The van der Waals surface area contributed by atoms with Crippen LogP contribution >= 0.6 is 15.9 Å². The predicted molar refractivity (Wildman–Crippen MR) is 115 cm³/mol. The Morgan fingerprint density at radius 1 is 1.21 bits per heavy atom. The van der Waals surface area contributed by atoms with E-state index in [1.165, 1.54) is 4.68 Å². The van der Waals surface area contributed by atoms with Crippen molar-refractivity contribution >= 4 is 33.0 Å². The third-order valence-electron chi connectivity index (χ3n) is 4.64. The average Bonchev–Trinajstić information content (AvgIpc) is 2.72. The van der Waals surface area contributed by atoms with Gasteiger partial charge in [-0.1, -0.05) is 29.8 Å². The zero-order chi connectivity index (χ0) is 20.3. The lowest BCUT2D eigenvalue weighted by molar-refractivity contribution is 0.394. The molecule has 6 nitrogen and oxygen atoms in total. The van der Waals surface area contributed by atoms with Gasteiger partial charge in [0.05, 0.1) is 31.3 Å². The molecule has 0 aliphatic carbocycles. The smallest absolute Gasteiger partial charge is 0.282 e. The zero-order valence-corrected chi connectivity index (χ0v) is 17.9.